The van der Waals surface area contributed by atoms with Crippen LogP contribution in [0.2, 0.25) is 0 Å². The molecule has 1 fully saturated rings. The highest BCUT2D eigenvalue weighted by Crippen LogP contribution is 2.43. The van der Waals surface area contributed by atoms with Crippen molar-refractivity contribution in [2.24, 2.45) is 5.92 Å². The third kappa shape index (κ3) is 6.50. The number of imide groups is 1. The minimum Gasteiger partial charge on any atom is -0.392 e. The first-order valence-electron chi connectivity index (χ1n) is 15.7. The summed E-state index contributed by atoms with van der Waals surface area (Å²) in [6.45, 7) is 2.34. The Kier molecular flexibility index (Phi) is 9.00. The lowest BCUT2D eigenvalue weighted by atomic mass is 9.91. The average Bonchev–Trinajstić information content (AvgIpc) is 3.36. The lowest BCUT2D eigenvalue weighted by Crippen LogP contribution is -2.38. The fraction of sp³-hybridized carbons (Fsp3) is 0.205. The number of benzene rings is 4. The Bertz CT molecular complexity index is 1860. The number of aromatic nitrogens is 1. The van der Waals surface area contributed by atoms with Gasteiger partial charge in [0.25, 0.3) is 11.8 Å². The number of thioether (sulfide) groups is 1. The van der Waals surface area contributed by atoms with Crippen LogP contribution >= 0.6 is 11.8 Å². The van der Waals surface area contributed by atoms with Crippen molar-refractivity contribution in [2.75, 3.05) is 5.75 Å². The quantitative estimate of drug-likeness (QED) is 0.131. The molecule has 4 aromatic carbocycles. The summed E-state index contributed by atoms with van der Waals surface area (Å²) < 4.78 is 13.4. The summed E-state index contributed by atoms with van der Waals surface area (Å²) in [6.07, 6.45) is 0.854. The van der Waals surface area contributed by atoms with E-state index in [-0.39, 0.29) is 43.1 Å². The SMILES string of the molecule is C[C@@H]1[C@H](CSc2ccccn2)O[C@H](c2cccc(-c3cccc(CN4C(=O)c5ccccc5C4=O)c3)c2)O[C@@H]1c1ccc(CO)cc1. The van der Waals surface area contributed by atoms with Crippen LogP contribution in [0.5, 0.6) is 0 Å². The molecular weight excluding hydrogens is 609 g/mol. The van der Waals surface area contributed by atoms with Gasteiger partial charge in [-0.05, 0) is 64.2 Å². The van der Waals surface area contributed by atoms with Crippen LogP contribution in [-0.2, 0) is 22.6 Å². The average molecular weight is 643 g/mol. The van der Waals surface area contributed by atoms with Crippen molar-refractivity contribution in [2.45, 2.75) is 43.6 Å². The predicted octanol–water partition coefficient (Wildman–Crippen LogP) is 7.62. The van der Waals surface area contributed by atoms with E-state index < -0.39 is 6.29 Å². The van der Waals surface area contributed by atoms with Crippen molar-refractivity contribution in [1.82, 2.24) is 9.88 Å². The van der Waals surface area contributed by atoms with Crippen molar-refractivity contribution in [3.63, 3.8) is 0 Å². The number of aliphatic hydroxyl groups is 1. The molecule has 1 N–H and O–H groups in total. The highest BCUT2D eigenvalue weighted by atomic mass is 32.2. The predicted molar refractivity (Wildman–Crippen MR) is 180 cm³/mol. The van der Waals surface area contributed by atoms with Crippen LogP contribution in [-0.4, -0.2) is 38.7 Å². The second-order valence-corrected chi connectivity index (χ2v) is 12.9. The summed E-state index contributed by atoms with van der Waals surface area (Å²) in [5, 5.41) is 10.5. The minimum absolute atomic E-state index is 0.0112. The zero-order valence-corrected chi connectivity index (χ0v) is 26.7. The van der Waals surface area contributed by atoms with Gasteiger partial charge in [-0.3, -0.25) is 14.5 Å². The fourth-order valence-electron chi connectivity index (χ4n) is 6.19. The van der Waals surface area contributed by atoms with Gasteiger partial charge in [-0.2, -0.15) is 0 Å². The monoisotopic (exact) mass is 642 g/mol. The molecule has 2 aliphatic rings. The number of amides is 2. The molecule has 5 aromatic rings. The van der Waals surface area contributed by atoms with E-state index >= 15 is 0 Å². The molecule has 7 nitrogen and oxygen atoms in total. The standard InChI is InChI=1S/C39H34N2O5S/c1-25-34(24-47-35-14-4-5-19-40-35)45-39(46-36(25)28-17-15-26(23-42)16-18-28)31-11-7-10-30(21-31)29-9-6-8-27(20-29)22-41-37(43)32-12-2-3-13-33(32)38(41)44/h2-21,25,34,36,39,42H,22-24H2,1H3/t25-,34+,36+,39+/m1/s1. The van der Waals surface area contributed by atoms with Crippen molar-refractivity contribution < 1.29 is 24.2 Å². The second kappa shape index (κ2) is 13.6. The summed E-state index contributed by atoms with van der Waals surface area (Å²) in [4.78, 5) is 31.8. The molecule has 7 rings (SSSR count). The van der Waals surface area contributed by atoms with Gasteiger partial charge in [0.1, 0.15) is 0 Å². The van der Waals surface area contributed by atoms with E-state index in [0.717, 1.165) is 38.4 Å². The summed E-state index contributed by atoms with van der Waals surface area (Å²) in [6, 6.07) is 36.8. The molecule has 0 spiro atoms. The van der Waals surface area contributed by atoms with Gasteiger partial charge >= 0.3 is 0 Å². The Labute approximate surface area is 278 Å². The molecule has 8 heteroatoms. The highest BCUT2D eigenvalue weighted by molar-refractivity contribution is 7.99. The first-order valence-corrected chi connectivity index (χ1v) is 16.7. The molecule has 0 radical (unpaired) electrons. The van der Waals surface area contributed by atoms with Crippen LogP contribution < -0.4 is 0 Å². The van der Waals surface area contributed by atoms with Crippen LogP contribution in [0.25, 0.3) is 11.1 Å². The second-order valence-electron chi connectivity index (χ2n) is 11.9. The van der Waals surface area contributed by atoms with Gasteiger partial charge in [0.2, 0.25) is 0 Å². The van der Waals surface area contributed by atoms with Crippen LogP contribution in [0.3, 0.4) is 0 Å². The number of carbonyl (C=O) groups is 2. The number of carbonyl (C=O) groups excluding carboxylic acids is 2. The van der Waals surface area contributed by atoms with E-state index in [1.165, 1.54) is 4.90 Å². The third-order valence-electron chi connectivity index (χ3n) is 8.79. The van der Waals surface area contributed by atoms with E-state index in [2.05, 4.69) is 18.0 Å². The number of hydrogen-bond donors (Lipinski definition) is 1. The van der Waals surface area contributed by atoms with Crippen LogP contribution in [0.15, 0.2) is 126 Å². The Morgan fingerprint density at radius 2 is 1.45 bits per heavy atom. The number of aliphatic hydroxyl groups excluding tert-OH is 1. The first-order chi connectivity index (χ1) is 23.0. The number of pyridine rings is 1. The van der Waals surface area contributed by atoms with Crippen LogP contribution in [0.1, 0.15) is 62.3 Å². The molecule has 1 saturated heterocycles. The number of hydrogen-bond acceptors (Lipinski definition) is 7. The zero-order valence-electron chi connectivity index (χ0n) is 25.9. The maximum atomic E-state index is 13.0. The van der Waals surface area contributed by atoms with Gasteiger partial charge in [-0.15, -0.1) is 11.8 Å². The molecule has 3 heterocycles. The maximum absolute atomic E-state index is 13.0. The number of nitrogens with zero attached hydrogens (tertiary/aromatic N) is 2. The lowest BCUT2D eigenvalue weighted by Gasteiger charge is -2.41. The summed E-state index contributed by atoms with van der Waals surface area (Å²) in [5.41, 5.74) is 6.47. The molecule has 2 amide bonds. The minimum atomic E-state index is -0.607. The van der Waals surface area contributed by atoms with Crippen LogP contribution in [0.4, 0.5) is 0 Å². The number of ether oxygens (including phenoxy) is 2. The molecule has 0 bridgehead atoms. The van der Waals surface area contributed by atoms with Crippen molar-refractivity contribution in [1.29, 1.82) is 0 Å². The zero-order chi connectivity index (χ0) is 32.3. The molecule has 2 aliphatic heterocycles. The normalized spacial score (nSPS) is 20.8. The Hall–Kier alpha value is -4.60. The molecule has 47 heavy (non-hydrogen) atoms. The van der Waals surface area contributed by atoms with Crippen molar-refractivity contribution in [3.05, 3.63) is 155 Å². The highest BCUT2D eigenvalue weighted by Gasteiger charge is 2.39. The third-order valence-corrected chi connectivity index (χ3v) is 9.83. The summed E-state index contributed by atoms with van der Waals surface area (Å²) in [5.74, 6) is 0.234. The molecule has 1 aromatic heterocycles. The van der Waals surface area contributed by atoms with E-state index in [0.29, 0.717) is 16.9 Å². The topological polar surface area (TPSA) is 89.0 Å². The Balaban J connectivity index is 1.14. The molecule has 0 aliphatic carbocycles. The smallest absolute Gasteiger partial charge is 0.261 e. The largest absolute Gasteiger partial charge is 0.392 e. The van der Waals surface area contributed by atoms with Crippen molar-refractivity contribution in [3.8, 4) is 11.1 Å². The van der Waals surface area contributed by atoms with E-state index in [4.69, 9.17) is 9.47 Å². The molecule has 0 unspecified atom stereocenters. The van der Waals surface area contributed by atoms with Gasteiger partial charge in [0.15, 0.2) is 6.29 Å². The first kappa shape index (κ1) is 31.0. The van der Waals surface area contributed by atoms with Gasteiger partial charge in [0, 0.05) is 23.4 Å². The molecule has 4 atom stereocenters. The van der Waals surface area contributed by atoms with E-state index in [1.54, 1.807) is 42.2 Å². The van der Waals surface area contributed by atoms with Gasteiger partial charge in [-0.1, -0.05) is 85.8 Å². The van der Waals surface area contributed by atoms with E-state index in [9.17, 15) is 14.7 Å². The number of fused-ring (bicyclic) bond motifs is 1. The van der Waals surface area contributed by atoms with Crippen LogP contribution in [0, 0.1) is 5.92 Å². The van der Waals surface area contributed by atoms with Gasteiger partial charge in [0.05, 0.1) is 41.5 Å². The molecule has 236 valence electrons. The number of rotatable bonds is 9. The lowest BCUT2D eigenvalue weighted by molar-refractivity contribution is -0.268. The fourth-order valence-corrected chi connectivity index (χ4v) is 7.22. The van der Waals surface area contributed by atoms with E-state index in [1.807, 2.05) is 84.9 Å². The summed E-state index contributed by atoms with van der Waals surface area (Å²) in [7, 11) is 0. The maximum Gasteiger partial charge on any atom is 0.261 e. The van der Waals surface area contributed by atoms with Gasteiger partial charge in [-0.25, -0.2) is 4.98 Å². The molecule has 0 saturated carbocycles. The van der Waals surface area contributed by atoms with Crippen molar-refractivity contribution >= 4 is 23.6 Å². The summed E-state index contributed by atoms with van der Waals surface area (Å²) >= 11 is 1.67. The Morgan fingerprint density at radius 3 is 2.15 bits per heavy atom. The Morgan fingerprint density at radius 1 is 0.745 bits per heavy atom. The molecular formula is C39H34N2O5S. The van der Waals surface area contributed by atoms with Gasteiger partial charge < -0.3 is 14.6 Å².